The largest absolute Gasteiger partial charge is 0.508 e. The van der Waals surface area contributed by atoms with E-state index in [4.69, 9.17) is 11.5 Å². The van der Waals surface area contributed by atoms with E-state index in [0.29, 0.717) is 23.2 Å². The average Bonchev–Trinajstić information content (AvgIpc) is 2.22. The predicted molar refractivity (Wildman–Crippen MR) is 64.6 cm³/mol. The number of phenols is 1. The van der Waals surface area contributed by atoms with Crippen LogP contribution in [0.3, 0.4) is 0 Å². The maximum absolute atomic E-state index is 11.1. The Bertz CT molecular complexity index is 425. The van der Waals surface area contributed by atoms with Crippen molar-refractivity contribution in [3.05, 3.63) is 29.3 Å². The third-order valence-corrected chi connectivity index (χ3v) is 2.24. The van der Waals surface area contributed by atoms with Crippen LogP contribution in [0, 0.1) is 0 Å². The predicted octanol–water partition coefficient (Wildman–Crippen LogP) is 1.64. The highest BCUT2D eigenvalue weighted by atomic mass is 16.3. The fourth-order valence-corrected chi connectivity index (χ4v) is 1.41. The maximum atomic E-state index is 11.1. The van der Waals surface area contributed by atoms with Gasteiger partial charge < -0.3 is 16.6 Å². The Morgan fingerprint density at radius 1 is 1.50 bits per heavy atom. The van der Waals surface area contributed by atoms with Crippen LogP contribution in [0.2, 0.25) is 0 Å². The standard InChI is InChI=1S/C12H16N2O2/c1-2-3-8(12(14)16)6-9-7-10(15)4-5-11(9)13/h4-7,15H,2-3,13H2,1H3,(H2,14,16). The maximum Gasteiger partial charge on any atom is 0.244 e. The van der Waals surface area contributed by atoms with Gasteiger partial charge in [-0.3, -0.25) is 4.79 Å². The van der Waals surface area contributed by atoms with E-state index in [-0.39, 0.29) is 5.75 Å². The van der Waals surface area contributed by atoms with Gasteiger partial charge in [-0.25, -0.2) is 0 Å². The van der Waals surface area contributed by atoms with Crippen LogP contribution in [0.4, 0.5) is 5.69 Å². The third-order valence-electron chi connectivity index (χ3n) is 2.24. The number of nitrogen functional groups attached to an aromatic ring is 1. The summed E-state index contributed by atoms with van der Waals surface area (Å²) in [6, 6.07) is 4.59. The zero-order valence-corrected chi connectivity index (χ0v) is 9.23. The number of carbonyl (C=O) groups is 1. The minimum absolute atomic E-state index is 0.112. The van der Waals surface area contributed by atoms with Crippen molar-refractivity contribution in [2.24, 2.45) is 5.73 Å². The number of amides is 1. The van der Waals surface area contributed by atoms with Crippen LogP contribution in [0.5, 0.6) is 5.75 Å². The number of carbonyl (C=O) groups excluding carboxylic acids is 1. The lowest BCUT2D eigenvalue weighted by Gasteiger charge is -2.04. The van der Waals surface area contributed by atoms with Gasteiger partial charge in [0.25, 0.3) is 0 Å². The van der Waals surface area contributed by atoms with E-state index in [1.54, 1.807) is 12.1 Å². The molecular formula is C12H16N2O2. The van der Waals surface area contributed by atoms with E-state index < -0.39 is 5.91 Å². The van der Waals surface area contributed by atoms with Gasteiger partial charge in [0, 0.05) is 16.8 Å². The lowest BCUT2D eigenvalue weighted by atomic mass is 10.0. The van der Waals surface area contributed by atoms with Crippen LogP contribution in [0.25, 0.3) is 6.08 Å². The lowest BCUT2D eigenvalue weighted by Crippen LogP contribution is -2.13. The number of nitrogens with two attached hydrogens (primary N) is 2. The summed E-state index contributed by atoms with van der Waals surface area (Å²) < 4.78 is 0. The smallest absolute Gasteiger partial charge is 0.244 e. The molecule has 0 atom stereocenters. The Labute approximate surface area is 94.6 Å². The van der Waals surface area contributed by atoms with E-state index in [2.05, 4.69) is 0 Å². The molecule has 5 N–H and O–H groups in total. The van der Waals surface area contributed by atoms with Crippen molar-refractivity contribution >= 4 is 17.7 Å². The van der Waals surface area contributed by atoms with Crippen LogP contribution in [0.1, 0.15) is 25.3 Å². The molecule has 0 radical (unpaired) electrons. The second-order valence-electron chi connectivity index (χ2n) is 3.60. The van der Waals surface area contributed by atoms with Crippen molar-refractivity contribution < 1.29 is 9.90 Å². The van der Waals surface area contributed by atoms with E-state index >= 15 is 0 Å². The van der Waals surface area contributed by atoms with E-state index in [0.717, 1.165) is 6.42 Å². The fourth-order valence-electron chi connectivity index (χ4n) is 1.41. The van der Waals surface area contributed by atoms with E-state index in [1.165, 1.54) is 12.1 Å². The number of rotatable bonds is 4. The van der Waals surface area contributed by atoms with Crippen molar-refractivity contribution in [2.75, 3.05) is 5.73 Å². The molecule has 0 saturated heterocycles. The van der Waals surface area contributed by atoms with Crippen molar-refractivity contribution in [2.45, 2.75) is 19.8 Å². The topological polar surface area (TPSA) is 89.3 Å². The molecule has 16 heavy (non-hydrogen) atoms. The molecule has 0 aliphatic heterocycles. The summed E-state index contributed by atoms with van der Waals surface area (Å²) in [5.41, 5.74) is 12.6. The number of aromatic hydroxyl groups is 1. The lowest BCUT2D eigenvalue weighted by molar-refractivity contribution is -0.114. The number of hydrogen-bond acceptors (Lipinski definition) is 3. The molecule has 4 nitrogen and oxygen atoms in total. The molecule has 0 aliphatic carbocycles. The van der Waals surface area contributed by atoms with Gasteiger partial charge in [-0.2, -0.15) is 0 Å². The molecule has 0 aliphatic rings. The van der Waals surface area contributed by atoms with Crippen molar-refractivity contribution in [1.29, 1.82) is 0 Å². The molecule has 0 aromatic heterocycles. The number of phenolic OH excluding ortho intramolecular Hbond substituents is 1. The monoisotopic (exact) mass is 220 g/mol. The van der Waals surface area contributed by atoms with Gasteiger partial charge >= 0.3 is 0 Å². The molecule has 4 heteroatoms. The van der Waals surface area contributed by atoms with Gasteiger partial charge in [-0.15, -0.1) is 0 Å². The van der Waals surface area contributed by atoms with Gasteiger partial charge in [0.15, 0.2) is 0 Å². The van der Waals surface area contributed by atoms with Crippen LogP contribution in [0.15, 0.2) is 23.8 Å². The Balaban J connectivity index is 3.11. The summed E-state index contributed by atoms with van der Waals surface area (Å²) in [4.78, 5) is 11.1. The molecule has 0 saturated carbocycles. The molecule has 1 rings (SSSR count). The Morgan fingerprint density at radius 3 is 2.75 bits per heavy atom. The summed E-state index contributed by atoms with van der Waals surface area (Å²) in [6.45, 7) is 1.96. The van der Waals surface area contributed by atoms with Crippen LogP contribution < -0.4 is 11.5 Å². The minimum Gasteiger partial charge on any atom is -0.508 e. The minimum atomic E-state index is -0.454. The first kappa shape index (κ1) is 12.1. The van der Waals surface area contributed by atoms with Crippen molar-refractivity contribution in [3.8, 4) is 5.75 Å². The summed E-state index contributed by atoms with van der Waals surface area (Å²) in [7, 11) is 0. The van der Waals surface area contributed by atoms with Crippen LogP contribution >= 0.6 is 0 Å². The Kier molecular flexibility index (Phi) is 3.94. The molecular weight excluding hydrogens is 204 g/mol. The zero-order chi connectivity index (χ0) is 12.1. The number of anilines is 1. The first-order chi connectivity index (χ1) is 7.54. The molecule has 0 fully saturated rings. The molecule has 1 aromatic rings. The van der Waals surface area contributed by atoms with Gasteiger partial charge in [0.1, 0.15) is 5.75 Å². The van der Waals surface area contributed by atoms with Gasteiger partial charge in [-0.1, -0.05) is 13.3 Å². The summed E-state index contributed by atoms with van der Waals surface area (Å²) >= 11 is 0. The van der Waals surface area contributed by atoms with Crippen molar-refractivity contribution in [1.82, 2.24) is 0 Å². The van der Waals surface area contributed by atoms with Crippen LogP contribution in [-0.4, -0.2) is 11.0 Å². The van der Waals surface area contributed by atoms with E-state index in [1.807, 2.05) is 6.92 Å². The summed E-state index contributed by atoms with van der Waals surface area (Å²) in [6.07, 6.45) is 3.05. The molecule has 0 bridgehead atoms. The highest BCUT2D eigenvalue weighted by molar-refractivity contribution is 5.97. The second-order valence-corrected chi connectivity index (χ2v) is 3.60. The molecule has 1 amide bonds. The quantitative estimate of drug-likeness (QED) is 0.409. The molecule has 1 aromatic carbocycles. The Morgan fingerprint density at radius 2 is 2.19 bits per heavy atom. The van der Waals surface area contributed by atoms with Gasteiger partial charge in [0.2, 0.25) is 5.91 Å². The number of hydrogen-bond donors (Lipinski definition) is 3. The third kappa shape index (κ3) is 3.02. The normalized spacial score (nSPS) is 11.4. The molecule has 86 valence electrons. The second kappa shape index (κ2) is 5.21. The number of primary amides is 1. The van der Waals surface area contributed by atoms with E-state index in [9.17, 15) is 9.90 Å². The van der Waals surface area contributed by atoms with Gasteiger partial charge in [-0.05, 0) is 30.7 Å². The fraction of sp³-hybridized carbons (Fsp3) is 0.250. The van der Waals surface area contributed by atoms with Crippen LogP contribution in [-0.2, 0) is 4.79 Å². The highest BCUT2D eigenvalue weighted by Crippen LogP contribution is 2.22. The highest BCUT2D eigenvalue weighted by Gasteiger charge is 2.05. The van der Waals surface area contributed by atoms with Gasteiger partial charge in [0.05, 0.1) is 0 Å². The van der Waals surface area contributed by atoms with Crippen molar-refractivity contribution in [3.63, 3.8) is 0 Å². The first-order valence-electron chi connectivity index (χ1n) is 5.13. The Hall–Kier alpha value is -1.97. The first-order valence-corrected chi connectivity index (χ1v) is 5.13. The molecule has 0 spiro atoms. The molecule has 0 unspecified atom stereocenters. The SMILES string of the molecule is CCCC(=Cc1cc(O)ccc1N)C(N)=O. The number of benzene rings is 1. The summed E-state index contributed by atoms with van der Waals surface area (Å²) in [5, 5.41) is 9.32. The summed E-state index contributed by atoms with van der Waals surface area (Å²) in [5.74, 6) is -0.342. The average molecular weight is 220 g/mol. The molecule has 0 heterocycles. The zero-order valence-electron chi connectivity index (χ0n) is 9.23.